The maximum absolute atomic E-state index is 4.21. The zero-order valence-corrected chi connectivity index (χ0v) is 12.3. The van der Waals surface area contributed by atoms with Crippen molar-refractivity contribution in [2.75, 3.05) is 0 Å². The van der Waals surface area contributed by atoms with Gasteiger partial charge in [-0.15, -0.1) is 11.3 Å². The van der Waals surface area contributed by atoms with Crippen LogP contribution in [0.4, 0.5) is 0 Å². The fraction of sp³-hybridized carbons (Fsp3) is 0.500. The van der Waals surface area contributed by atoms with Crippen molar-refractivity contribution >= 4 is 11.3 Å². The Morgan fingerprint density at radius 3 is 2.67 bits per heavy atom. The summed E-state index contributed by atoms with van der Waals surface area (Å²) in [5.41, 5.74) is 1.23. The largest absolute Gasteiger partial charge is 0.306 e. The molecule has 0 fully saturated rings. The van der Waals surface area contributed by atoms with Crippen LogP contribution in [0.2, 0.25) is 0 Å². The minimum atomic E-state index is 0.327. The first-order valence-corrected chi connectivity index (χ1v) is 7.17. The molecule has 1 N–H and O–H groups in total. The highest BCUT2D eigenvalue weighted by Crippen LogP contribution is 2.18. The van der Waals surface area contributed by atoms with Crippen LogP contribution in [0.25, 0.3) is 0 Å². The van der Waals surface area contributed by atoms with E-state index in [9.17, 15) is 0 Å². The molecule has 0 aliphatic carbocycles. The molecular formula is C14H21N3S. The van der Waals surface area contributed by atoms with E-state index >= 15 is 0 Å². The first-order chi connectivity index (χ1) is 8.56. The van der Waals surface area contributed by atoms with E-state index in [1.807, 2.05) is 29.3 Å². The zero-order chi connectivity index (χ0) is 13.1. The topological polar surface area (TPSA) is 29.9 Å². The summed E-state index contributed by atoms with van der Waals surface area (Å²) < 4.78 is 1.93. The van der Waals surface area contributed by atoms with Crippen LogP contribution in [0.15, 0.2) is 24.4 Å². The van der Waals surface area contributed by atoms with Gasteiger partial charge in [0.2, 0.25) is 0 Å². The van der Waals surface area contributed by atoms with E-state index in [0.29, 0.717) is 12.1 Å². The number of aryl methyl sites for hydroxylation is 2. The molecule has 0 saturated carbocycles. The Bertz CT molecular complexity index is 501. The summed E-state index contributed by atoms with van der Waals surface area (Å²) in [6, 6.07) is 7.28. The average Bonchev–Trinajstić information content (AvgIpc) is 2.87. The molecule has 4 heteroatoms. The number of hydrogen-bond donors (Lipinski definition) is 1. The minimum Gasteiger partial charge on any atom is -0.306 e. The Morgan fingerprint density at radius 2 is 2.11 bits per heavy atom. The lowest BCUT2D eigenvalue weighted by Crippen LogP contribution is -2.31. The van der Waals surface area contributed by atoms with Gasteiger partial charge in [-0.2, -0.15) is 5.10 Å². The highest BCUT2D eigenvalue weighted by Gasteiger charge is 2.13. The Balaban J connectivity index is 1.91. The van der Waals surface area contributed by atoms with E-state index in [-0.39, 0.29) is 0 Å². The van der Waals surface area contributed by atoms with Gasteiger partial charge in [0.25, 0.3) is 0 Å². The van der Waals surface area contributed by atoms with Crippen molar-refractivity contribution in [1.29, 1.82) is 0 Å². The molecule has 0 aliphatic heterocycles. The molecule has 0 bridgehead atoms. The van der Waals surface area contributed by atoms with Gasteiger partial charge in [-0.1, -0.05) is 0 Å². The number of rotatable bonds is 5. The Kier molecular flexibility index (Phi) is 4.19. The third-order valence-corrected chi connectivity index (χ3v) is 4.16. The third kappa shape index (κ3) is 3.21. The van der Waals surface area contributed by atoms with Crippen LogP contribution in [0.3, 0.4) is 0 Å². The number of nitrogens with zero attached hydrogens (tertiary/aromatic N) is 2. The molecule has 2 heterocycles. The molecule has 0 aliphatic rings. The summed E-state index contributed by atoms with van der Waals surface area (Å²) in [6.45, 7) is 6.58. The zero-order valence-electron chi connectivity index (χ0n) is 11.5. The second-order valence-electron chi connectivity index (χ2n) is 4.89. The van der Waals surface area contributed by atoms with E-state index in [2.05, 4.69) is 49.4 Å². The molecule has 2 aromatic rings. The van der Waals surface area contributed by atoms with Crippen LogP contribution in [0, 0.1) is 6.92 Å². The van der Waals surface area contributed by atoms with Crippen molar-refractivity contribution in [2.24, 2.45) is 7.05 Å². The van der Waals surface area contributed by atoms with Gasteiger partial charge in [0, 0.05) is 35.1 Å². The number of hydrogen-bond acceptors (Lipinski definition) is 3. The van der Waals surface area contributed by atoms with Gasteiger partial charge < -0.3 is 5.32 Å². The lowest BCUT2D eigenvalue weighted by molar-refractivity contribution is 0.457. The maximum atomic E-state index is 4.21. The summed E-state index contributed by atoms with van der Waals surface area (Å²) in [5, 5.41) is 7.84. The highest BCUT2D eigenvalue weighted by molar-refractivity contribution is 7.11. The molecule has 0 saturated heterocycles. The fourth-order valence-electron chi connectivity index (χ4n) is 2.28. The summed E-state index contributed by atoms with van der Waals surface area (Å²) in [6.07, 6.45) is 2.93. The second kappa shape index (κ2) is 5.67. The monoisotopic (exact) mass is 263 g/mol. The first kappa shape index (κ1) is 13.3. The summed E-state index contributed by atoms with van der Waals surface area (Å²) in [4.78, 5) is 2.83. The van der Waals surface area contributed by atoms with Gasteiger partial charge in [0.1, 0.15) is 0 Å². The van der Waals surface area contributed by atoms with Gasteiger partial charge in [0.15, 0.2) is 0 Å². The molecule has 2 atom stereocenters. The lowest BCUT2D eigenvalue weighted by Gasteiger charge is -2.19. The first-order valence-electron chi connectivity index (χ1n) is 6.35. The van der Waals surface area contributed by atoms with Crippen LogP contribution in [0.5, 0.6) is 0 Å². The highest BCUT2D eigenvalue weighted by atomic mass is 32.1. The minimum absolute atomic E-state index is 0.327. The van der Waals surface area contributed by atoms with Crippen molar-refractivity contribution < 1.29 is 0 Å². The fourth-order valence-corrected chi connectivity index (χ4v) is 3.30. The second-order valence-corrected chi connectivity index (χ2v) is 6.26. The predicted octanol–water partition coefficient (Wildman–Crippen LogP) is 3.07. The van der Waals surface area contributed by atoms with Gasteiger partial charge in [0.05, 0.1) is 5.69 Å². The SMILES string of the molecule is Cc1ccc(CC(C)NC(C)c2ccnn2C)s1. The van der Waals surface area contributed by atoms with Crippen LogP contribution in [0.1, 0.15) is 35.3 Å². The van der Waals surface area contributed by atoms with Crippen LogP contribution >= 0.6 is 11.3 Å². The Labute approximate surface area is 113 Å². The van der Waals surface area contributed by atoms with Crippen molar-refractivity contribution in [1.82, 2.24) is 15.1 Å². The van der Waals surface area contributed by atoms with Crippen molar-refractivity contribution in [3.63, 3.8) is 0 Å². The summed E-state index contributed by atoms with van der Waals surface area (Å²) in [5.74, 6) is 0. The smallest absolute Gasteiger partial charge is 0.0547 e. The molecular weight excluding hydrogens is 242 g/mol. The van der Waals surface area contributed by atoms with Crippen LogP contribution in [-0.4, -0.2) is 15.8 Å². The van der Waals surface area contributed by atoms with E-state index in [1.165, 1.54) is 15.4 Å². The molecule has 2 rings (SSSR count). The Hall–Kier alpha value is -1.13. The van der Waals surface area contributed by atoms with Crippen molar-refractivity contribution in [3.05, 3.63) is 39.8 Å². The summed E-state index contributed by atoms with van der Waals surface area (Å²) in [7, 11) is 1.99. The molecule has 18 heavy (non-hydrogen) atoms. The van der Waals surface area contributed by atoms with E-state index in [0.717, 1.165) is 6.42 Å². The molecule has 0 radical (unpaired) electrons. The quantitative estimate of drug-likeness (QED) is 0.898. The normalized spacial score (nSPS) is 14.7. The van der Waals surface area contributed by atoms with Gasteiger partial charge in [-0.25, -0.2) is 0 Å². The van der Waals surface area contributed by atoms with E-state index in [4.69, 9.17) is 0 Å². The molecule has 98 valence electrons. The lowest BCUT2D eigenvalue weighted by atomic mass is 10.1. The number of nitrogens with one attached hydrogen (secondary N) is 1. The average molecular weight is 263 g/mol. The van der Waals surface area contributed by atoms with Gasteiger partial charge >= 0.3 is 0 Å². The molecule has 2 unspecified atom stereocenters. The van der Waals surface area contributed by atoms with E-state index in [1.54, 1.807) is 0 Å². The standard InChI is InChI=1S/C14H21N3S/c1-10(9-13-6-5-11(2)18-13)16-12(3)14-7-8-15-17(14)4/h5-8,10,12,16H,9H2,1-4H3. The third-order valence-electron chi connectivity index (χ3n) is 3.14. The molecule has 0 amide bonds. The Morgan fingerprint density at radius 1 is 1.33 bits per heavy atom. The molecule has 2 aromatic heterocycles. The summed E-state index contributed by atoms with van der Waals surface area (Å²) >= 11 is 1.89. The molecule has 3 nitrogen and oxygen atoms in total. The number of thiophene rings is 1. The van der Waals surface area contributed by atoms with Gasteiger partial charge in [-0.05, 0) is 45.4 Å². The van der Waals surface area contributed by atoms with Crippen LogP contribution in [-0.2, 0) is 13.5 Å². The molecule has 0 spiro atoms. The van der Waals surface area contributed by atoms with Crippen LogP contribution < -0.4 is 5.32 Å². The number of aromatic nitrogens is 2. The van der Waals surface area contributed by atoms with Crippen molar-refractivity contribution in [2.45, 2.75) is 39.3 Å². The molecule has 0 aromatic carbocycles. The maximum Gasteiger partial charge on any atom is 0.0547 e. The van der Waals surface area contributed by atoms with E-state index < -0.39 is 0 Å². The van der Waals surface area contributed by atoms with Gasteiger partial charge in [-0.3, -0.25) is 4.68 Å². The van der Waals surface area contributed by atoms with Crippen molar-refractivity contribution in [3.8, 4) is 0 Å². The predicted molar refractivity (Wildman–Crippen MR) is 77.0 cm³/mol.